The van der Waals surface area contributed by atoms with Gasteiger partial charge in [-0.1, -0.05) is 6.07 Å². The van der Waals surface area contributed by atoms with Gasteiger partial charge in [-0.05, 0) is 37.1 Å². The third kappa shape index (κ3) is 2.99. The Balaban J connectivity index is 2.33. The molecule has 0 aliphatic rings. The molecule has 2 rings (SSSR count). The van der Waals surface area contributed by atoms with E-state index in [0.717, 1.165) is 16.8 Å². The molecule has 1 aromatic heterocycles. The molecule has 2 nitrogen and oxygen atoms in total. The van der Waals surface area contributed by atoms with Crippen LogP contribution in [0.1, 0.15) is 16.8 Å². The standard InChI is InChI=1S/C14H13ClFNO/c1-9-3-4-12(16)7-13(9)18-14-6-11(8-15)5-10(2)17-14/h3-7H,8H2,1-2H3. The first-order valence-electron chi connectivity index (χ1n) is 5.56. The van der Waals surface area contributed by atoms with Gasteiger partial charge in [0.05, 0.1) is 0 Å². The molecule has 0 N–H and O–H groups in total. The lowest BCUT2D eigenvalue weighted by Gasteiger charge is -2.09. The minimum Gasteiger partial charge on any atom is -0.439 e. The fourth-order valence-electron chi connectivity index (χ4n) is 1.63. The molecule has 0 atom stereocenters. The highest BCUT2D eigenvalue weighted by atomic mass is 35.5. The molecule has 4 heteroatoms. The monoisotopic (exact) mass is 265 g/mol. The summed E-state index contributed by atoms with van der Waals surface area (Å²) in [5, 5.41) is 0. The quantitative estimate of drug-likeness (QED) is 0.769. The molecule has 0 saturated carbocycles. The van der Waals surface area contributed by atoms with Gasteiger partial charge in [-0.25, -0.2) is 9.37 Å². The largest absolute Gasteiger partial charge is 0.439 e. The number of hydrogen-bond acceptors (Lipinski definition) is 2. The average Bonchev–Trinajstić information content (AvgIpc) is 2.33. The summed E-state index contributed by atoms with van der Waals surface area (Å²) in [5.41, 5.74) is 2.59. The SMILES string of the molecule is Cc1cc(CCl)cc(Oc2cc(F)ccc2C)n1. The van der Waals surface area contributed by atoms with Crippen LogP contribution < -0.4 is 4.74 Å². The summed E-state index contributed by atoms with van der Waals surface area (Å²) >= 11 is 5.79. The molecule has 1 aromatic carbocycles. The van der Waals surface area contributed by atoms with Crippen LogP contribution in [0.4, 0.5) is 4.39 Å². The number of alkyl halides is 1. The van der Waals surface area contributed by atoms with Crippen LogP contribution in [0.25, 0.3) is 0 Å². The maximum absolute atomic E-state index is 13.2. The molecule has 0 amide bonds. The van der Waals surface area contributed by atoms with Crippen molar-refractivity contribution in [3.05, 3.63) is 53.0 Å². The lowest BCUT2D eigenvalue weighted by atomic mass is 10.2. The summed E-state index contributed by atoms with van der Waals surface area (Å²) < 4.78 is 18.8. The molecular formula is C14H13ClFNO. The van der Waals surface area contributed by atoms with E-state index >= 15 is 0 Å². The molecule has 18 heavy (non-hydrogen) atoms. The second-order valence-corrected chi connectivity index (χ2v) is 4.37. The van der Waals surface area contributed by atoms with E-state index in [0.29, 0.717) is 17.5 Å². The Morgan fingerprint density at radius 3 is 2.72 bits per heavy atom. The zero-order chi connectivity index (χ0) is 13.1. The van der Waals surface area contributed by atoms with E-state index in [9.17, 15) is 4.39 Å². The number of ether oxygens (including phenoxy) is 1. The second-order valence-electron chi connectivity index (χ2n) is 4.10. The molecule has 0 spiro atoms. The van der Waals surface area contributed by atoms with Crippen LogP contribution in [0.3, 0.4) is 0 Å². The van der Waals surface area contributed by atoms with Gasteiger partial charge in [0.2, 0.25) is 5.88 Å². The predicted molar refractivity (Wildman–Crippen MR) is 69.7 cm³/mol. The van der Waals surface area contributed by atoms with Crippen molar-refractivity contribution in [1.82, 2.24) is 4.98 Å². The van der Waals surface area contributed by atoms with Crippen molar-refractivity contribution in [2.45, 2.75) is 19.7 Å². The van der Waals surface area contributed by atoms with Gasteiger partial charge in [0, 0.05) is 23.7 Å². The molecule has 0 unspecified atom stereocenters. The van der Waals surface area contributed by atoms with E-state index in [4.69, 9.17) is 16.3 Å². The normalized spacial score (nSPS) is 10.4. The fraction of sp³-hybridized carbons (Fsp3) is 0.214. The van der Waals surface area contributed by atoms with Crippen molar-refractivity contribution in [2.24, 2.45) is 0 Å². The van der Waals surface area contributed by atoms with Crippen molar-refractivity contribution in [3.8, 4) is 11.6 Å². The average molecular weight is 266 g/mol. The van der Waals surface area contributed by atoms with E-state index in [2.05, 4.69) is 4.98 Å². The van der Waals surface area contributed by atoms with Crippen LogP contribution >= 0.6 is 11.6 Å². The number of halogens is 2. The third-order valence-electron chi connectivity index (χ3n) is 2.51. The highest BCUT2D eigenvalue weighted by Crippen LogP contribution is 2.25. The fourth-order valence-corrected chi connectivity index (χ4v) is 1.79. The Morgan fingerprint density at radius 2 is 2.00 bits per heavy atom. The van der Waals surface area contributed by atoms with E-state index in [-0.39, 0.29) is 5.82 Å². The van der Waals surface area contributed by atoms with Gasteiger partial charge < -0.3 is 4.74 Å². The molecule has 0 fully saturated rings. The first-order valence-corrected chi connectivity index (χ1v) is 6.09. The predicted octanol–water partition coefficient (Wildman–Crippen LogP) is 4.37. The molecular weight excluding hydrogens is 253 g/mol. The Morgan fingerprint density at radius 1 is 1.22 bits per heavy atom. The summed E-state index contributed by atoms with van der Waals surface area (Å²) in [6.45, 7) is 3.72. The Hall–Kier alpha value is -1.61. The van der Waals surface area contributed by atoms with Gasteiger partial charge in [0.1, 0.15) is 11.6 Å². The molecule has 0 aliphatic heterocycles. The minimum absolute atomic E-state index is 0.333. The third-order valence-corrected chi connectivity index (χ3v) is 2.82. The Kier molecular flexibility index (Phi) is 3.82. The smallest absolute Gasteiger partial charge is 0.219 e. The molecule has 94 valence electrons. The summed E-state index contributed by atoms with van der Waals surface area (Å²) in [4.78, 5) is 4.24. The van der Waals surface area contributed by atoms with Crippen LogP contribution in [0, 0.1) is 19.7 Å². The van der Waals surface area contributed by atoms with Gasteiger partial charge in [-0.2, -0.15) is 0 Å². The van der Waals surface area contributed by atoms with Crippen molar-refractivity contribution in [2.75, 3.05) is 0 Å². The Bertz CT molecular complexity index is 572. The number of pyridine rings is 1. The highest BCUT2D eigenvalue weighted by molar-refractivity contribution is 6.17. The van der Waals surface area contributed by atoms with E-state index in [1.165, 1.54) is 12.1 Å². The van der Waals surface area contributed by atoms with Crippen LogP contribution in [-0.4, -0.2) is 4.98 Å². The van der Waals surface area contributed by atoms with Gasteiger partial charge in [0.15, 0.2) is 0 Å². The molecule has 0 saturated heterocycles. The van der Waals surface area contributed by atoms with Gasteiger partial charge >= 0.3 is 0 Å². The molecule has 0 bridgehead atoms. The maximum Gasteiger partial charge on any atom is 0.219 e. The number of nitrogens with zero attached hydrogens (tertiary/aromatic N) is 1. The zero-order valence-corrected chi connectivity index (χ0v) is 11.0. The van der Waals surface area contributed by atoms with Crippen LogP contribution in [0.15, 0.2) is 30.3 Å². The van der Waals surface area contributed by atoms with Crippen LogP contribution in [0.2, 0.25) is 0 Å². The number of aromatic nitrogens is 1. The summed E-state index contributed by atoms with van der Waals surface area (Å²) in [5.74, 6) is 0.954. The summed E-state index contributed by atoms with van der Waals surface area (Å²) in [6.07, 6.45) is 0. The van der Waals surface area contributed by atoms with Crippen molar-refractivity contribution < 1.29 is 9.13 Å². The van der Waals surface area contributed by atoms with Gasteiger partial charge in [-0.15, -0.1) is 11.6 Å². The van der Waals surface area contributed by atoms with Gasteiger partial charge in [0.25, 0.3) is 0 Å². The van der Waals surface area contributed by atoms with E-state index in [1.807, 2.05) is 19.9 Å². The number of benzene rings is 1. The zero-order valence-electron chi connectivity index (χ0n) is 10.2. The summed E-state index contributed by atoms with van der Waals surface area (Å²) in [7, 11) is 0. The number of hydrogen-bond donors (Lipinski definition) is 0. The number of rotatable bonds is 3. The van der Waals surface area contributed by atoms with Crippen molar-refractivity contribution in [3.63, 3.8) is 0 Å². The number of aryl methyl sites for hydroxylation is 2. The summed E-state index contributed by atoms with van der Waals surface area (Å²) in [6, 6.07) is 8.06. The van der Waals surface area contributed by atoms with Crippen molar-refractivity contribution >= 4 is 11.6 Å². The highest BCUT2D eigenvalue weighted by Gasteiger charge is 2.06. The van der Waals surface area contributed by atoms with Gasteiger partial charge in [-0.3, -0.25) is 0 Å². The van der Waals surface area contributed by atoms with E-state index < -0.39 is 0 Å². The lowest BCUT2D eigenvalue weighted by molar-refractivity contribution is 0.453. The minimum atomic E-state index is -0.333. The maximum atomic E-state index is 13.2. The first kappa shape index (κ1) is 12.8. The van der Waals surface area contributed by atoms with Crippen LogP contribution in [-0.2, 0) is 5.88 Å². The second kappa shape index (κ2) is 5.36. The first-order chi connectivity index (χ1) is 8.58. The van der Waals surface area contributed by atoms with Crippen LogP contribution in [0.5, 0.6) is 11.6 Å². The topological polar surface area (TPSA) is 22.1 Å². The van der Waals surface area contributed by atoms with E-state index in [1.54, 1.807) is 12.1 Å². The Labute approximate surface area is 110 Å². The lowest BCUT2D eigenvalue weighted by Crippen LogP contribution is -1.94. The molecule has 0 radical (unpaired) electrons. The van der Waals surface area contributed by atoms with Crippen molar-refractivity contribution in [1.29, 1.82) is 0 Å². The molecule has 1 heterocycles. The molecule has 0 aliphatic carbocycles. The molecule has 2 aromatic rings.